The first-order chi connectivity index (χ1) is 9.10. The molecule has 0 radical (unpaired) electrons. The van der Waals surface area contributed by atoms with Crippen LogP contribution >= 0.6 is 0 Å². The van der Waals surface area contributed by atoms with Gasteiger partial charge in [0.05, 0.1) is 10.9 Å². The van der Waals surface area contributed by atoms with E-state index in [2.05, 4.69) is 29.1 Å². The third kappa shape index (κ3) is 3.24. The van der Waals surface area contributed by atoms with E-state index in [1.54, 1.807) is 18.2 Å². The van der Waals surface area contributed by atoms with Crippen molar-refractivity contribution in [3.8, 4) is 0 Å². The van der Waals surface area contributed by atoms with Crippen LogP contribution in [-0.4, -0.2) is 16.0 Å². The zero-order chi connectivity index (χ0) is 13.8. The van der Waals surface area contributed by atoms with Crippen LogP contribution in [0.1, 0.15) is 33.1 Å². The van der Waals surface area contributed by atoms with Gasteiger partial charge in [-0.15, -0.1) is 0 Å². The third-order valence-electron chi connectivity index (χ3n) is 3.10. The van der Waals surface area contributed by atoms with Gasteiger partial charge in [-0.1, -0.05) is 19.8 Å². The molecule has 19 heavy (non-hydrogen) atoms. The number of benzene rings is 1. The number of nitrogens with zero attached hydrogens (tertiary/aromatic N) is 1. The van der Waals surface area contributed by atoms with E-state index in [1.165, 1.54) is 0 Å². The van der Waals surface area contributed by atoms with E-state index in [0.717, 1.165) is 19.3 Å². The van der Waals surface area contributed by atoms with E-state index in [4.69, 9.17) is 5.73 Å². The Morgan fingerprint density at radius 1 is 1.47 bits per heavy atom. The number of nitrogen functional groups attached to an aromatic ring is 1. The Labute approximate surface area is 112 Å². The lowest BCUT2D eigenvalue weighted by molar-refractivity contribution is 0.641. The lowest BCUT2D eigenvalue weighted by Crippen LogP contribution is -2.20. The smallest absolute Gasteiger partial charge is 0.260 e. The zero-order valence-electron chi connectivity index (χ0n) is 11.4. The van der Waals surface area contributed by atoms with Gasteiger partial charge in [0.1, 0.15) is 0 Å². The van der Waals surface area contributed by atoms with Gasteiger partial charge >= 0.3 is 0 Å². The number of nitrogens with one attached hydrogen (secondary N) is 2. The quantitative estimate of drug-likeness (QED) is 0.721. The van der Waals surface area contributed by atoms with E-state index in [-0.39, 0.29) is 11.6 Å². The molecule has 1 heterocycles. The van der Waals surface area contributed by atoms with Gasteiger partial charge in [-0.3, -0.25) is 9.78 Å². The predicted molar refractivity (Wildman–Crippen MR) is 79.4 cm³/mol. The molecule has 0 fully saturated rings. The monoisotopic (exact) mass is 260 g/mol. The zero-order valence-corrected chi connectivity index (χ0v) is 11.4. The topological polar surface area (TPSA) is 83.8 Å². The van der Waals surface area contributed by atoms with Crippen LogP contribution in [0, 0.1) is 0 Å². The summed E-state index contributed by atoms with van der Waals surface area (Å²) >= 11 is 0. The second-order valence-electron chi connectivity index (χ2n) is 4.88. The summed E-state index contributed by atoms with van der Waals surface area (Å²) in [6.07, 6.45) is 3.37. The average molecular weight is 260 g/mol. The molecule has 2 rings (SSSR count). The maximum absolute atomic E-state index is 12.0. The van der Waals surface area contributed by atoms with Gasteiger partial charge in [0.2, 0.25) is 5.95 Å². The number of rotatable bonds is 5. The number of aromatic amines is 1. The Morgan fingerprint density at radius 3 is 3.00 bits per heavy atom. The van der Waals surface area contributed by atoms with Crippen molar-refractivity contribution in [3.05, 3.63) is 28.6 Å². The molecule has 0 saturated heterocycles. The summed E-state index contributed by atoms with van der Waals surface area (Å²) in [5, 5.41) is 3.75. The standard InChI is InChI=1S/C14H20N4O/c1-3-4-5-9(2)16-14-17-12-7-6-10(15)8-11(12)13(19)18-14/h6-9H,3-5,15H2,1-2H3,(H2,16,17,18,19). The number of fused-ring (bicyclic) bond motifs is 1. The first kappa shape index (κ1) is 13.4. The summed E-state index contributed by atoms with van der Waals surface area (Å²) in [5.41, 5.74) is 6.73. The number of unbranched alkanes of at least 4 members (excludes halogenated alkanes) is 1. The molecule has 4 N–H and O–H groups in total. The second-order valence-corrected chi connectivity index (χ2v) is 4.88. The number of hydrogen-bond acceptors (Lipinski definition) is 4. The summed E-state index contributed by atoms with van der Waals surface area (Å²) in [4.78, 5) is 19.1. The maximum atomic E-state index is 12.0. The van der Waals surface area contributed by atoms with Crippen molar-refractivity contribution < 1.29 is 0 Å². The van der Waals surface area contributed by atoms with Gasteiger partial charge in [-0.2, -0.15) is 0 Å². The third-order valence-corrected chi connectivity index (χ3v) is 3.10. The highest BCUT2D eigenvalue weighted by Gasteiger charge is 2.07. The van der Waals surface area contributed by atoms with Crippen LogP contribution in [0.3, 0.4) is 0 Å². The molecule has 2 aromatic rings. The Balaban J connectivity index is 2.26. The summed E-state index contributed by atoms with van der Waals surface area (Å²) in [6, 6.07) is 5.45. The van der Waals surface area contributed by atoms with Crippen LogP contribution in [0.4, 0.5) is 11.6 Å². The Bertz CT molecular complexity index is 620. The van der Waals surface area contributed by atoms with Crippen molar-refractivity contribution in [2.24, 2.45) is 0 Å². The summed E-state index contributed by atoms with van der Waals surface area (Å²) in [7, 11) is 0. The SMILES string of the molecule is CCCCC(C)Nc1nc2ccc(N)cc2c(=O)[nH]1. The summed E-state index contributed by atoms with van der Waals surface area (Å²) in [6.45, 7) is 4.25. The van der Waals surface area contributed by atoms with E-state index in [0.29, 0.717) is 22.5 Å². The fourth-order valence-corrected chi connectivity index (χ4v) is 2.04. The summed E-state index contributed by atoms with van der Waals surface area (Å²) in [5.74, 6) is 0.519. The molecule has 0 aliphatic heterocycles. The van der Waals surface area contributed by atoms with Gasteiger partial charge in [0.15, 0.2) is 0 Å². The van der Waals surface area contributed by atoms with Crippen molar-refractivity contribution >= 4 is 22.5 Å². The van der Waals surface area contributed by atoms with Gasteiger partial charge < -0.3 is 11.1 Å². The van der Waals surface area contributed by atoms with Crippen LogP contribution < -0.4 is 16.6 Å². The van der Waals surface area contributed by atoms with Crippen LogP contribution in [0.25, 0.3) is 10.9 Å². The molecule has 0 bridgehead atoms. The normalized spacial score (nSPS) is 12.5. The Kier molecular flexibility index (Phi) is 4.04. The van der Waals surface area contributed by atoms with E-state index in [9.17, 15) is 4.79 Å². The minimum Gasteiger partial charge on any atom is -0.399 e. The molecule has 5 heteroatoms. The molecular weight excluding hydrogens is 240 g/mol. The molecule has 0 spiro atoms. The number of nitrogens with two attached hydrogens (primary N) is 1. The number of anilines is 2. The fourth-order valence-electron chi connectivity index (χ4n) is 2.04. The highest BCUT2D eigenvalue weighted by molar-refractivity contribution is 5.81. The van der Waals surface area contributed by atoms with Crippen LogP contribution in [0.2, 0.25) is 0 Å². The molecule has 0 aliphatic rings. The highest BCUT2D eigenvalue weighted by atomic mass is 16.1. The lowest BCUT2D eigenvalue weighted by atomic mass is 10.1. The Hall–Kier alpha value is -2.04. The molecule has 0 aliphatic carbocycles. The number of hydrogen-bond donors (Lipinski definition) is 3. The largest absolute Gasteiger partial charge is 0.399 e. The molecule has 102 valence electrons. The molecule has 1 aromatic carbocycles. The van der Waals surface area contributed by atoms with Gasteiger partial charge in [-0.05, 0) is 31.5 Å². The van der Waals surface area contributed by atoms with Crippen molar-refractivity contribution in [2.45, 2.75) is 39.2 Å². The van der Waals surface area contributed by atoms with E-state index in [1.807, 2.05) is 0 Å². The molecule has 1 aromatic heterocycles. The Morgan fingerprint density at radius 2 is 2.26 bits per heavy atom. The minimum atomic E-state index is -0.164. The minimum absolute atomic E-state index is 0.164. The van der Waals surface area contributed by atoms with Gasteiger partial charge in [-0.25, -0.2) is 4.98 Å². The molecule has 1 atom stereocenters. The first-order valence-electron chi connectivity index (χ1n) is 6.66. The molecule has 5 nitrogen and oxygen atoms in total. The lowest BCUT2D eigenvalue weighted by Gasteiger charge is -2.13. The van der Waals surface area contributed by atoms with Crippen molar-refractivity contribution in [1.29, 1.82) is 0 Å². The molecule has 0 amide bonds. The van der Waals surface area contributed by atoms with Crippen LogP contribution in [0.15, 0.2) is 23.0 Å². The van der Waals surface area contributed by atoms with Gasteiger partial charge in [0, 0.05) is 11.7 Å². The summed E-state index contributed by atoms with van der Waals surface area (Å²) < 4.78 is 0. The van der Waals surface area contributed by atoms with Crippen molar-refractivity contribution in [1.82, 2.24) is 9.97 Å². The van der Waals surface area contributed by atoms with Crippen LogP contribution in [-0.2, 0) is 0 Å². The molecule has 0 saturated carbocycles. The molecular formula is C14H20N4O. The second kappa shape index (κ2) is 5.73. The van der Waals surface area contributed by atoms with Crippen LogP contribution in [0.5, 0.6) is 0 Å². The first-order valence-corrected chi connectivity index (χ1v) is 6.66. The number of aromatic nitrogens is 2. The molecule has 1 unspecified atom stereocenters. The predicted octanol–water partition coefficient (Wildman–Crippen LogP) is 2.50. The fraction of sp³-hybridized carbons (Fsp3) is 0.429. The highest BCUT2D eigenvalue weighted by Crippen LogP contribution is 2.13. The van der Waals surface area contributed by atoms with E-state index >= 15 is 0 Å². The van der Waals surface area contributed by atoms with E-state index < -0.39 is 0 Å². The van der Waals surface area contributed by atoms with Crippen molar-refractivity contribution in [2.75, 3.05) is 11.1 Å². The van der Waals surface area contributed by atoms with Gasteiger partial charge in [0.25, 0.3) is 5.56 Å². The maximum Gasteiger partial charge on any atom is 0.260 e. The average Bonchev–Trinajstić information content (AvgIpc) is 2.37. The number of H-pyrrole nitrogens is 1. The van der Waals surface area contributed by atoms with Crippen molar-refractivity contribution in [3.63, 3.8) is 0 Å².